The van der Waals surface area contributed by atoms with Crippen LogP contribution in [-0.4, -0.2) is 14.9 Å². The average Bonchev–Trinajstić information content (AvgIpc) is 3.03. The van der Waals surface area contributed by atoms with Gasteiger partial charge in [-0.3, -0.25) is 18.7 Å². The van der Waals surface area contributed by atoms with Crippen LogP contribution in [0.5, 0.6) is 0 Å². The van der Waals surface area contributed by atoms with Gasteiger partial charge in [-0.05, 0) is 49.8 Å². The Hall–Kier alpha value is -2.18. The van der Waals surface area contributed by atoms with E-state index >= 15 is 0 Å². The second kappa shape index (κ2) is 7.09. The van der Waals surface area contributed by atoms with Crippen LogP contribution in [0.15, 0.2) is 33.9 Å². The predicted molar refractivity (Wildman–Crippen MR) is 108 cm³/mol. The molecule has 0 atom stereocenters. The Bertz CT molecular complexity index is 1170. The minimum atomic E-state index is -0.457. The zero-order valence-corrected chi connectivity index (χ0v) is 16.5. The number of aryl methyl sites for hydroxylation is 2. The molecule has 0 aliphatic heterocycles. The summed E-state index contributed by atoms with van der Waals surface area (Å²) in [5, 5.41) is 1.11. The number of hydrogen-bond acceptors (Lipinski definition) is 4. The summed E-state index contributed by atoms with van der Waals surface area (Å²) in [6, 6.07) is 7.17. The molecule has 5 nitrogen and oxygen atoms in total. The zero-order valence-electron chi connectivity index (χ0n) is 15.0. The first-order valence-electron chi connectivity index (χ1n) is 8.98. The Morgan fingerprint density at radius 2 is 1.89 bits per heavy atom. The molecule has 0 saturated carbocycles. The third kappa shape index (κ3) is 3.17. The number of aromatic nitrogens is 2. The molecule has 0 bridgehead atoms. The molecule has 0 radical (unpaired) electrons. The first kappa shape index (κ1) is 18.2. The fraction of sp³-hybridized carbons (Fsp3) is 0.350. The van der Waals surface area contributed by atoms with Gasteiger partial charge >= 0.3 is 5.69 Å². The molecule has 1 aliphatic rings. The van der Waals surface area contributed by atoms with Crippen molar-refractivity contribution >= 4 is 38.9 Å². The number of benzene rings is 1. The lowest BCUT2D eigenvalue weighted by Crippen LogP contribution is -2.41. The molecular weight excluding hydrogens is 384 g/mol. The number of carbonyl (C=O) groups excluding carboxylic acids is 1. The van der Waals surface area contributed by atoms with Gasteiger partial charge in [-0.25, -0.2) is 4.79 Å². The average molecular weight is 403 g/mol. The van der Waals surface area contributed by atoms with Crippen molar-refractivity contribution in [1.82, 2.24) is 9.13 Å². The van der Waals surface area contributed by atoms with Crippen molar-refractivity contribution in [2.45, 2.75) is 45.7 Å². The van der Waals surface area contributed by atoms with Gasteiger partial charge in [-0.2, -0.15) is 0 Å². The number of thiophene rings is 1. The molecular formula is C20H19ClN2O3S. The van der Waals surface area contributed by atoms with Gasteiger partial charge in [0.2, 0.25) is 0 Å². The zero-order chi connectivity index (χ0) is 19.1. The quantitative estimate of drug-likeness (QED) is 0.672. The first-order valence-corrected chi connectivity index (χ1v) is 10.2. The SMILES string of the molecule is CC(=O)Cn1c(=O)n(Cc2ccccc2Cl)c(=O)c2c3c(sc21)CCCC3. The highest BCUT2D eigenvalue weighted by atomic mass is 35.5. The molecule has 1 aromatic carbocycles. The van der Waals surface area contributed by atoms with E-state index in [0.29, 0.717) is 20.8 Å². The molecule has 0 fully saturated rings. The molecule has 3 aromatic rings. The number of hydrogen-bond donors (Lipinski definition) is 0. The second-order valence-electron chi connectivity index (χ2n) is 6.94. The standard InChI is InChI=1S/C20H19ClN2O3S/c1-12(24)10-23-19-17(14-7-3-5-9-16(14)27-19)18(25)22(20(23)26)11-13-6-2-4-8-15(13)21/h2,4,6,8H,3,5,7,9-11H2,1H3. The summed E-state index contributed by atoms with van der Waals surface area (Å²) in [7, 11) is 0. The Kier molecular flexibility index (Phi) is 4.78. The van der Waals surface area contributed by atoms with Crippen LogP contribution in [-0.2, 0) is 30.7 Å². The summed E-state index contributed by atoms with van der Waals surface area (Å²) in [5.41, 5.74) is 1.02. The van der Waals surface area contributed by atoms with Gasteiger partial charge in [-0.1, -0.05) is 29.8 Å². The van der Waals surface area contributed by atoms with E-state index in [-0.39, 0.29) is 24.4 Å². The van der Waals surface area contributed by atoms with E-state index < -0.39 is 5.69 Å². The van der Waals surface area contributed by atoms with E-state index in [4.69, 9.17) is 11.6 Å². The molecule has 4 rings (SSSR count). The minimum absolute atomic E-state index is 0.0302. The topological polar surface area (TPSA) is 61.1 Å². The van der Waals surface area contributed by atoms with Gasteiger partial charge in [0, 0.05) is 9.90 Å². The summed E-state index contributed by atoms with van der Waals surface area (Å²) >= 11 is 7.73. The van der Waals surface area contributed by atoms with Gasteiger partial charge in [0.25, 0.3) is 5.56 Å². The Morgan fingerprint density at radius 3 is 2.63 bits per heavy atom. The molecule has 0 N–H and O–H groups in total. The minimum Gasteiger partial charge on any atom is -0.298 e. The lowest BCUT2D eigenvalue weighted by Gasteiger charge is -2.13. The number of rotatable bonds is 4. The van der Waals surface area contributed by atoms with Crippen LogP contribution < -0.4 is 11.2 Å². The number of nitrogens with zero attached hydrogens (tertiary/aromatic N) is 2. The van der Waals surface area contributed by atoms with E-state index in [1.54, 1.807) is 18.2 Å². The van der Waals surface area contributed by atoms with Gasteiger partial charge in [0.15, 0.2) is 0 Å². The van der Waals surface area contributed by atoms with Crippen LogP contribution in [0.25, 0.3) is 10.2 Å². The Balaban J connectivity index is 2.01. The molecule has 27 heavy (non-hydrogen) atoms. The van der Waals surface area contributed by atoms with E-state index in [2.05, 4.69) is 0 Å². The molecule has 0 saturated heterocycles. The van der Waals surface area contributed by atoms with Crippen molar-refractivity contribution in [3.63, 3.8) is 0 Å². The highest BCUT2D eigenvalue weighted by molar-refractivity contribution is 7.18. The Morgan fingerprint density at radius 1 is 1.15 bits per heavy atom. The smallest absolute Gasteiger partial charge is 0.298 e. The van der Waals surface area contributed by atoms with E-state index in [9.17, 15) is 14.4 Å². The van der Waals surface area contributed by atoms with E-state index in [0.717, 1.165) is 31.2 Å². The van der Waals surface area contributed by atoms with Crippen molar-refractivity contribution in [2.75, 3.05) is 0 Å². The highest BCUT2D eigenvalue weighted by Gasteiger charge is 2.24. The monoisotopic (exact) mass is 402 g/mol. The molecule has 140 valence electrons. The molecule has 2 aromatic heterocycles. The molecule has 0 amide bonds. The largest absolute Gasteiger partial charge is 0.332 e. The lowest BCUT2D eigenvalue weighted by molar-refractivity contribution is -0.117. The predicted octanol–water partition coefficient (Wildman–Crippen LogP) is 3.39. The number of carbonyl (C=O) groups is 1. The molecule has 0 unspecified atom stereocenters. The van der Waals surface area contributed by atoms with Crippen molar-refractivity contribution < 1.29 is 4.79 Å². The maximum absolute atomic E-state index is 13.3. The van der Waals surface area contributed by atoms with E-state index in [1.165, 1.54) is 32.3 Å². The third-order valence-corrected chi connectivity index (χ3v) is 6.67. The molecule has 2 heterocycles. The summed E-state index contributed by atoms with van der Waals surface area (Å²) in [4.78, 5) is 40.0. The van der Waals surface area contributed by atoms with Crippen molar-refractivity contribution in [1.29, 1.82) is 0 Å². The number of Topliss-reactive ketones (excluding diaryl/α,β-unsaturated/α-hetero) is 1. The van der Waals surface area contributed by atoms with Crippen molar-refractivity contribution in [2.24, 2.45) is 0 Å². The van der Waals surface area contributed by atoms with Crippen LogP contribution in [0.3, 0.4) is 0 Å². The van der Waals surface area contributed by atoms with E-state index in [1.807, 2.05) is 6.07 Å². The van der Waals surface area contributed by atoms with Crippen LogP contribution in [0.4, 0.5) is 0 Å². The lowest BCUT2D eigenvalue weighted by atomic mass is 9.97. The maximum Gasteiger partial charge on any atom is 0.332 e. The molecule has 7 heteroatoms. The normalized spacial score (nSPS) is 13.7. The van der Waals surface area contributed by atoms with Crippen molar-refractivity contribution in [3.8, 4) is 0 Å². The molecule has 0 spiro atoms. The molecule has 1 aliphatic carbocycles. The van der Waals surface area contributed by atoms with Crippen molar-refractivity contribution in [3.05, 3.63) is 66.1 Å². The number of ketones is 1. The highest BCUT2D eigenvalue weighted by Crippen LogP contribution is 2.34. The summed E-state index contributed by atoms with van der Waals surface area (Å²) < 4.78 is 2.67. The maximum atomic E-state index is 13.3. The van der Waals surface area contributed by atoms with Crippen LogP contribution in [0.1, 0.15) is 35.8 Å². The van der Waals surface area contributed by atoms with Gasteiger partial charge in [0.1, 0.15) is 10.6 Å². The summed E-state index contributed by atoms with van der Waals surface area (Å²) in [6.45, 7) is 1.52. The summed E-state index contributed by atoms with van der Waals surface area (Å²) in [5.74, 6) is -0.118. The number of halogens is 1. The van der Waals surface area contributed by atoms with Crippen LogP contribution >= 0.6 is 22.9 Å². The van der Waals surface area contributed by atoms with Crippen LogP contribution in [0.2, 0.25) is 5.02 Å². The number of fused-ring (bicyclic) bond motifs is 3. The fourth-order valence-electron chi connectivity index (χ4n) is 3.72. The first-order chi connectivity index (χ1) is 13.0. The van der Waals surface area contributed by atoms with Gasteiger partial charge < -0.3 is 0 Å². The van der Waals surface area contributed by atoms with Gasteiger partial charge in [-0.15, -0.1) is 11.3 Å². The second-order valence-corrected chi connectivity index (χ2v) is 8.44. The van der Waals surface area contributed by atoms with Crippen LogP contribution in [0, 0.1) is 0 Å². The summed E-state index contributed by atoms with van der Waals surface area (Å²) in [6.07, 6.45) is 3.89. The third-order valence-electron chi connectivity index (χ3n) is 4.99. The Labute approximate surface area is 164 Å². The fourth-order valence-corrected chi connectivity index (χ4v) is 5.28. The van der Waals surface area contributed by atoms with Gasteiger partial charge in [0.05, 0.1) is 18.5 Å².